The lowest BCUT2D eigenvalue weighted by atomic mass is 10.1. The molecule has 1 aromatic heterocycles. The zero-order valence-corrected chi connectivity index (χ0v) is 16.5. The molecule has 0 aliphatic heterocycles. The van der Waals surface area contributed by atoms with Gasteiger partial charge in [0.25, 0.3) is 0 Å². The number of carbonyl (C=O) groups is 1. The van der Waals surface area contributed by atoms with Crippen molar-refractivity contribution in [2.75, 3.05) is 20.8 Å². The number of aromatic nitrogens is 1. The van der Waals surface area contributed by atoms with Crippen molar-refractivity contribution >= 4 is 17.2 Å². The van der Waals surface area contributed by atoms with Crippen LogP contribution in [0.25, 0.3) is 10.6 Å². The molecule has 0 aliphatic carbocycles. The molecule has 3 aromatic rings. The molecule has 0 aliphatic rings. The third-order valence-corrected chi connectivity index (χ3v) is 5.11. The van der Waals surface area contributed by atoms with Gasteiger partial charge in [-0.15, -0.1) is 11.3 Å². The van der Waals surface area contributed by atoms with E-state index in [9.17, 15) is 9.18 Å². The van der Waals surface area contributed by atoms with Crippen LogP contribution in [0.15, 0.2) is 47.8 Å². The minimum Gasteiger partial charge on any atom is -0.493 e. The predicted molar refractivity (Wildman–Crippen MR) is 107 cm³/mol. The van der Waals surface area contributed by atoms with Crippen LogP contribution in [0.1, 0.15) is 11.3 Å². The fourth-order valence-corrected chi connectivity index (χ4v) is 3.55. The Morgan fingerprint density at radius 3 is 2.57 bits per heavy atom. The van der Waals surface area contributed by atoms with Crippen molar-refractivity contribution in [3.8, 4) is 22.1 Å². The normalized spacial score (nSPS) is 10.5. The largest absolute Gasteiger partial charge is 0.493 e. The summed E-state index contributed by atoms with van der Waals surface area (Å²) < 4.78 is 23.5. The first-order valence-electron chi connectivity index (χ1n) is 8.77. The van der Waals surface area contributed by atoms with Gasteiger partial charge in [-0.25, -0.2) is 9.37 Å². The summed E-state index contributed by atoms with van der Waals surface area (Å²) in [5.74, 6) is 0.976. The second-order valence-corrected chi connectivity index (χ2v) is 6.98. The van der Waals surface area contributed by atoms with Gasteiger partial charge in [-0.2, -0.15) is 0 Å². The second-order valence-electron chi connectivity index (χ2n) is 6.12. The van der Waals surface area contributed by atoms with Crippen molar-refractivity contribution in [3.05, 3.63) is 64.9 Å². The monoisotopic (exact) mass is 400 g/mol. The Morgan fingerprint density at radius 1 is 1.11 bits per heavy atom. The lowest BCUT2D eigenvalue weighted by Crippen LogP contribution is -2.27. The molecule has 0 fully saturated rings. The summed E-state index contributed by atoms with van der Waals surface area (Å²) in [6, 6.07) is 11.9. The van der Waals surface area contributed by atoms with Crippen molar-refractivity contribution in [1.29, 1.82) is 0 Å². The number of thiazole rings is 1. The van der Waals surface area contributed by atoms with Gasteiger partial charge in [-0.1, -0.05) is 6.07 Å². The Hall–Kier alpha value is -2.93. The lowest BCUT2D eigenvalue weighted by molar-refractivity contribution is -0.120. The van der Waals surface area contributed by atoms with Gasteiger partial charge in [0.2, 0.25) is 5.91 Å². The van der Waals surface area contributed by atoms with Gasteiger partial charge < -0.3 is 14.8 Å². The molecule has 0 saturated carbocycles. The molecule has 146 valence electrons. The van der Waals surface area contributed by atoms with Gasteiger partial charge in [-0.3, -0.25) is 4.79 Å². The summed E-state index contributed by atoms with van der Waals surface area (Å²) >= 11 is 1.44. The number of nitrogens with one attached hydrogen (secondary N) is 1. The number of hydrogen-bond donors (Lipinski definition) is 1. The van der Waals surface area contributed by atoms with Gasteiger partial charge >= 0.3 is 0 Å². The topological polar surface area (TPSA) is 60.5 Å². The zero-order valence-electron chi connectivity index (χ0n) is 15.7. The molecule has 0 spiro atoms. The smallest absolute Gasteiger partial charge is 0.226 e. The van der Waals surface area contributed by atoms with E-state index in [0.717, 1.165) is 16.1 Å². The molecular formula is C21H21FN2O3S. The molecular weight excluding hydrogens is 379 g/mol. The number of ether oxygens (including phenoxy) is 2. The molecule has 3 rings (SSSR count). The van der Waals surface area contributed by atoms with Crippen LogP contribution in [0, 0.1) is 5.82 Å². The Kier molecular flexibility index (Phi) is 6.60. The van der Waals surface area contributed by atoms with Crippen LogP contribution in [0.2, 0.25) is 0 Å². The molecule has 0 bridgehead atoms. The van der Waals surface area contributed by atoms with Crippen LogP contribution in [0.3, 0.4) is 0 Å². The molecule has 5 nitrogen and oxygen atoms in total. The van der Waals surface area contributed by atoms with E-state index in [1.54, 1.807) is 26.4 Å². The van der Waals surface area contributed by atoms with E-state index in [0.29, 0.717) is 30.2 Å². The molecule has 1 heterocycles. The van der Waals surface area contributed by atoms with Crippen LogP contribution < -0.4 is 14.8 Å². The van der Waals surface area contributed by atoms with Crippen molar-refractivity contribution < 1.29 is 18.7 Å². The summed E-state index contributed by atoms with van der Waals surface area (Å²) in [4.78, 5) is 16.6. The van der Waals surface area contributed by atoms with E-state index in [-0.39, 0.29) is 18.1 Å². The van der Waals surface area contributed by atoms with Crippen LogP contribution in [0.5, 0.6) is 11.5 Å². The summed E-state index contributed by atoms with van der Waals surface area (Å²) in [5.41, 5.74) is 2.59. The Bertz CT molecular complexity index is 941. The predicted octanol–water partition coefficient (Wildman–Crippen LogP) is 3.87. The number of halogens is 1. The highest BCUT2D eigenvalue weighted by atomic mass is 32.1. The SMILES string of the molecule is COc1ccc(CCNC(=O)Cc2csc(-c3ccc(F)cc3)n2)cc1OC. The Balaban J connectivity index is 1.50. The van der Waals surface area contributed by atoms with Gasteiger partial charge in [0.05, 0.1) is 26.3 Å². The highest BCUT2D eigenvalue weighted by Gasteiger charge is 2.10. The number of nitrogens with zero attached hydrogens (tertiary/aromatic N) is 1. The first-order valence-corrected chi connectivity index (χ1v) is 9.65. The average molecular weight is 400 g/mol. The summed E-state index contributed by atoms with van der Waals surface area (Å²) in [5, 5.41) is 5.53. The van der Waals surface area contributed by atoms with Gasteiger partial charge in [0.15, 0.2) is 11.5 Å². The Labute approximate surface area is 167 Å². The highest BCUT2D eigenvalue weighted by Crippen LogP contribution is 2.27. The fourth-order valence-electron chi connectivity index (χ4n) is 2.72. The van der Waals surface area contributed by atoms with E-state index in [1.165, 1.54) is 23.5 Å². The molecule has 7 heteroatoms. The van der Waals surface area contributed by atoms with Gasteiger partial charge in [0, 0.05) is 17.5 Å². The average Bonchev–Trinajstić information content (AvgIpc) is 3.16. The van der Waals surface area contributed by atoms with E-state index < -0.39 is 0 Å². The molecule has 1 amide bonds. The van der Waals surface area contributed by atoms with E-state index >= 15 is 0 Å². The number of hydrogen-bond acceptors (Lipinski definition) is 5. The minimum absolute atomic E-state index is 0.0866. The third-order valence-electron chi connectivity index (χ3n) is 4.17. The van der Waals surface area contributed by atoms with Crippen LogP contribution in [-0.4, -0.2) is 31.7 Å². The first kappa shape index (κ1) is 19.8. The molecule has 0 atom stereocenters. The highest BCUT2D eigenvalue weighted by molar-refractivity contribution is 7.13. The van der Waals surface area contributed by atoms with E-state index in [1.807, 2.05) is 23.6 Å². The fraction of sp³-hybridized carbons (Fsp3) is 0.238. The van der Waals surface area contributed by atoms with Crippen molar-refractivity contribution in [2.24, 2.45) is 0 Å². The molecule has 0 unspecified atom stereocenters. The molecule has 28 heavy (non-hydrogen) atoms. The lowest BCUT2D eigenvalue weighted by Gasteiger charge is -2.10. The summed E-state index contributed by atoms with van der Waals surface area (Å²) in [6.07, 6.45) is 0.896. The first-order chi connectivity index (χ1) is 13.6. The number of methoxy groups -OCH3 is 2. The van der Waals surface area contributed by atoms with Crippen LogP contribution >= 0.6 is 11.3 Å². The Morgan fingerprint density at radius 2 is 1.86 bits per heavy atom. The minimum atomic E-state index is -0.283. The third kappa shape index (κ3) is 5.07. The maximum absolute atomic E-state index is 13.0. The maximum Gasteiger partial charge on any atom is 0.226 e. The van der Waals surface area contributed by atoms with Crippen molar-refractivity contribution in [3.63, 3.8) is 0 Å². The van der Waals surface area contributed by atoms with Crippen molar-refractivity contribution in [2.45, 2.75) is 12.8 Å². The molecule has 1 N–H and O–H groups in total. The summed E-state index contributed by atoms with van der Waals surface area (Å²) in [6.45, 7) is 0.517. The number of benzene rings is 2. The number of amides is 1. The summed E-state index contributed by atoms with van der Waals surface area (Å²) in [7, 11) is 3.19. The molecule has 2 aromatic carbocycles. The van der Waals surface area contributed by atoms with E-state index in [2.05, 4.69) is 10.3 Å². The quantitative estimate of drug-likeness (QED) is 0.624. The molecule has 0 saturated heterocycles. The maximum atomic E-state index is 13.0. The van der Waals surface area contributed by atoms with Crippen molar-refractivity contribution in [1.82, 2.24) is 10.3 Å². The number of carbonyl (C=O) groups excluding carboxylic acids is 1. The van der Waals surface area contributed by atoms with Crippen LogP contribution in [0.4, 0.5) is 4.39 Å². The second kappa shape index (κ2) is 9.32. The van der Waals surface area contributed by atoms with E-state index in [4.69, 9.17) is 9.47 Å². The van der Waals surface area contributed by atoms with Crippen LogP contribution in [-0.2, 0) is 17.6 Å². The zero-order chi connectivity index (χ0) is 19.9. The van der Waals surface area contributed by atoms with Gasteiger partial charge in [0.1, 0.15) is 10.8 Å². The standard InChI is InChI=1S/C21H21FN2O3S/c1-26-18-8-3-14(11-19(18)27-2)9-10-23-20(25)12-17-13-28-21(24-17)15-4-6-16(22)7-5-15/h3-8,11,13H,9-10,12H2,1-2H3,(H,23,25). The molecule has 0 radical (unpaired) electrons. The number of rotatable bonds is 8. The van der Waals surface area contributed by atoms with Gasteiger partial charge in [-0.05, 0) is 48.4 Å².